The molecule has 0 fully saturated rings. The molecule has 5 heterocycles. The Labute approximate surface area is 186 Å². The van der Waals surface area contributed by atoms with Crippen LogP contribution < -0.4 is 20.1 Å². The molecule has 1 aliphatic heterocycles. The zero-order chi connectivity index (χ0) is 22.4. The summed E-state index contributed by atoms with van der Waals surface area (Å²) in [5.41, 5.74) is 1.50. The van der Waals surface area contributed by atoms with E-state index >= 15 is 0 Å². The van der Waals surface area contributed by atoms with Crippen LogP contribution in [0.3, 0.4) is 0 Å². The molecule has 0 bridgehead atoms. The second-order valence-corrected chi connectivity index (χ2v) is 7.36. The lowest BCUT2D eigenvalue weighted by atomic mass is 10.3. The normalized spacial score (nSPS) is 12.5. The summed E-state index contributed by atoms with van der Waals surface area (Å²) < 4.78 is 19.4. The Hall–Kier alpha value is -4.61. The number of anilines is 2. The highest BCUT2D eigenvalue weighted by molar-refractivity contribution is 6.00. The lowest BCUT2D eigenvalue weighted by Crippen LogP contribution is -2.22. The van der Waals surface area contributed by atoms with Crippen molar-refractivity contribution < 1.29 is 18.7 Å². The minimum atomic E-state index is -0.509. The molecule has 12 heteroatoms. The van der Waals surface area contributed by atoms with E-state index in [-0.39, 0.29) is 12.7 Å². The van der Waals surface area contributed by atoms with Gasteiger partial charge < -0.3 is 19.2 Å². The fraction of sp³-hybridized carbons (Fsp3) is 0.190. The van der Waals surface area contributed by atoms with E-state index in [0.29, 0.717) is 40.1 Å². The van der Waals surface area contributed by atoms with Crippen molar-refractivity contribution in [1.29, 1.82) is 0 Å². The van der Waals surface area contributed by atoms with Crippen LogP contribution in [0.1, 0.15) is 13.3 Å². The number of aryl methyl sites for hydroxylation is 1. The van der Waals surface area contributed by atoms with E-state index in [1.165, 1.54) is 4.52 Å². The van der Waals surface area contributed by atoms with Crippen molar-refractivity contribution in [3.63, 3.8) is 0 Å². The Morgan fingerprint density at radius 2 is 2.03 bits per heavy atom. The number of nitrogens with one attached hydrogen (secondary N) is 2. The van der Waals surface area contributed by atoms with Gasteiger partial charge in [0, 0.05) is 24.5 Å². The molecular weight excluding hydrogens is 428 g/mol. The van der Waals surface area contributed by atoms with Gasteiger partial charge in [0.15, 0.2) is 28.6 Å². The van der Waals surface area contributed by atoms with Gasteiger partial charge in [0.2, 0.25) is 18.6 Å². The van der Waals surface area contributed by atoms with Gasteiger partial charge in [0.1, 0.15) is 0 Å². The molecule has 1 aromatic carbocycles. The van der Waals surface area contributed by atoms with Gasteiger partial charge in [-0.3, -0.25) is 10.00 Å². The number of carbonyl (C=O) groups excluding carboxylic acids is 1. The fourth-order valence-electron chi connectivity index (χ4n) is 3.61. The largest absolute Gasteiger partial charge is 0.461 e. The molecule has 0 atom stereocenters. The Kier molecular flexibility index (Phi) is 4.35. The highest BCUT2D eigenvalue weighted by atomic mass is 16.7. The van der Waals surface area contributed by atoms with Crippen molar-refractivity contribution in [3.8, 4) is 23.1 Å². The first-order valence-corrected chi connectivity index (χ1v) is 10.3. The third-order valence-corrected chi connectivity index (χ3v) is 5.05. The SMILES string of the molecule is CCCn1cc2c(nc(NC(=O)Nc3ccc4c(c3)OCO4)n3nc(-c4ccco4)nc23)n1. The molecule has 2 N–H and O–H groups in total. The molecule has 12 nitrogen and oxygen atoms in total. The second-order valence-electron chi connectivity index (χ2n) is 7.36. The molecule has 5 aromatic rings. The summed E-state index contributed by atoms with van der Waals surface area (Å²) in [4.78, 5) is 21.9. The summed E-state index contributed by atoms with van der Waals surface area (Å²) >= 11 is 0. The van der Waals surface area contributed by atoms with Gasteiger partial charge >= 0.3 is 6.03 Å². The fourth-order valence-corrected chi connectivity index (χ4v) is 3.61. The van der Waals surface area contributed by atoms with E-state index in [1.807, 2.05) is 6.20 Å². The zero-order valence-electron chi connectivity index (χ0n) is 17.5. The van der Waals surface area contributed by atoms with Crippen molar-refractivity contribution in [2.45, 2.75) is 19.9 Å². The van der Waals surface area contributed by atoms with Crippen molar-refractivity contribution in [2.24, 2.45) is 0 Å². The van der Waals surface area contributed by atoms with Gasteiger partial charge in [0.25, 0.3) is 0 Å². The van der Waals surface area contributed by atoms with Gasteiger partial charge in [-0.15, -0.1) is 5.10 Å². The number of ether oxygens (including phenoxy) is 2. The van der Waals surface area contributed by atoms with E-state index < -0.39 is 6.03 Å². The first-order chi connectivity index (χ1) is 16.2. The van der Waals surface area contributed by atoms with Crippen molar-refractivity contribution in [2.75, 3.05) is 17.4 Å². The monoisotopic (exact) mass is 446 g/mol. The molecule has 1 aliphatic rings. The number of urea groups is 1. The molecule has 0 saturated heterocycles. The van der Waals surface area contributed by atoms with Gasteiger partial charge in [0.05, 0.1) is 11.6 Å². The second kappa shape index (κ2) is 7.51. The molecule has 2 amide bonds. The zero-order valence-corrected chi connectivity index (χ0v) is 17.5. The number of aromatic nitrogens is 6. The maximum Gasteiger partial charge on any atom is 0.326 e. The number of rotatable bonds is 5. The summed E-state index contributed by atoms with van der Waals surface area (Å²) in [5.74, 6) is 2.24. The van der Waals surface area contributed by atoms with Crippen LogP contribution in [0.2, 0.25) is 0 Å². The number of hydrogen-bond donors (Lipinski definition) is 2. The summed E-state index contributed by atoms with van der Waals surface area (Å²) in [6, 6.07) is 8.14. The standard InChI is InChI=1S/C21H18N8O4/c1-2-7-28-10-13-17(26-28)24-20(29-19(13)23-18(27-29)15-4-3-8-31-15)25-21(30)22-12-5-6-14-16(9-12)33-11-32-14/h3-6,8-10H,2,7,11H2,1H3,(H2,22,24,25,26,30). The highest BCUT2D eigenvalue weighted by Gasteiger charge is 2.20. The van der Waals surface area contributed by atoms with E-state index in [0.717, 1.165) is 18.4 Å². The predicted octanol–water partition coefficient (Wildman–Crippen LogP) is 3.52. The molecule has 4 aromatic heterocycles. The number of furan rings is 1. The molecule has 0 saturated carbocycles. The third-order valence-electron chi connectivity index (χ3n) is 5.05. The summed E-state index contributed by atoms with van der Waals surface area (Å²) in [7, 11) is 0. The van der Waals surface area contributed by atoms with Gasteiger partial charge in [-0.25, -0.2) is 9.78 Å². The van der Waals surface area contributed by atoms with Crippen LogP contribution in [0.25, 0.3) is 28.3 Å². The molecule has 0 radical (unpaired) electrons. The molecule has 0 unspecified atom stereocenters. The van der Waals surface area contributed by atoms with Crippen LogP contribution in [0.15, 0.2) is 47.2 Å². The Bertz CT molecular complexity index is 1490. The van der Waals surface area contributed by atoms with Crippen molar-refractivity contribution in [1.82, 2.24) is 29.4 Å². The van der Waals surface area contributed by atoms with Crippen LogP contribution in [0, 0.1) is 0 Å². The lowest BCUT2D eigenvalue weighted by molar-refractivity contribution is 0.174. The molecule has 33 heavy (non-hydrogen) atoms. The first-order valence-electron chi connectivity index (χ1n) is 10.3. The number of carbonyl (C=O) groups is 1. The maximum absolute atomic E-state index is 12.8. The number of nitrogens with zero attached hydrogens (tertiary/aromatic N) is 6. The van der Waals surface area contributed by atoms with E-state index in [1.54, 1.807) is 41.3 Å². The number of amides is 2. The van der Waals surface area contributed by atoms with Crippen molar-refractivity contribution in [3.05, 3.63) is 42.8 Å². The van der Waals surface area contributed by atoms with Crippen LogP contribution >= 0.6 is 0 Å². The maximum atomic E-state index is 12.8. The van der Waals surface area contributed by atoms with Gasteiger partial charge in [-0.1, -0.05) is 6.92 Å². The highest BCUT2D eigenvalue weighted by Crippen LogP contribution is 2.34. The van der Waals surface area contributed by atoms with Crippen molar-refractivity contribution >= 4 is 34.3 Å². The lowest BCUT2D eigenvalue weighted by Gasteiger charge is -2.08. The van der Waals surface area contributed by atoms with Gasteiger partial charge in [-0.05, 0) is 30.7 Å². The topological polar surface area (TPSA) is 134 Å². The molecule has 0 aliphatic carbocycles. The van der Waals surface area contributed by atoms with E-state index in [9.17, 15) is 4.79 Å². The summed E-state index contributed by atoms with van der Waals surface area (Å²) in [6.07, 6.45) is 4.34. The molecule has 0 spiro atoms. The Balaban J connectivity index is 1.37. The van der Waals surface area contributed by atoms with E-state index in [2.05, 4.69) is 37.7 Å². The van der Waals surface area contributed by atoms with Crippen LogP contribution in [-0.2, 0) is 6.54 Å². The number of fused-ring (bicyclic) bond motifs is 4. The van der Waals surface area contributed by atoms with Crippen LogP contribution in [-0.4, -0.2) is 42.2 Å². The first kappa shape index (κ1) is 19.1. The molecular formula is C21H18N8O4. The number of benzene rings is 1. The third kappa shape index (κ3) is 3.37. The Morgan fingerprint density at radius 3 is 2.88 bits per heavy atom. The minimum absolute atomic E-state index is 0.155. The quantitative estimate of drug-likeness (QED) is 0.419. The Morgan fingerprint density at radius 1 is 1.12 bits per heavy atom. The van der Waals surface area contributed by atoms with Crippen LogP contribution in [0.4, 0.5) is 16.4 Å². The van der Waals surface area contributed by atoms with Gasteiger partial charge in [-0.2, -0.15) is 14.6 Å². The molecule has 166 valence electrons. The summed E-state index contributed by atoms with van der Waals surface area (Å²) in [6.45, 7) is 2.95. The average Bonchev–Trinajstić information content (AvgIpc) is 3.57. The average molecular weight is 446 g/mol. The van der Waals surface area contributed by atoms with E-state index in [4.69, 9.17) is 13.9 Å². The minimum Gasteiger partial charge on any atom is -0.461 e. The number of hydrogen-bond acceptors (Lipinski definition) is 8. The molecule has 6 rings (SSSR count). The van der Waals surface area contributed by atoms with Crippen LogP contribution in [0.5, 0.6) is 11.5 Å². The smallest absolute Gasteiger partial charge is 0.326 e. The predicted molar refractivity (Wildman–Crippen MR) is 117 cm³/mol. The summed E-state index contributed by atoms with van der Waals surface area (Å²) in [5, 5.41) is 15.2.